The predicted octanol–water partition coefficient (Wildman–Crippen LogP) is 14.0. The fraction of sp³-hybridized carbons (Fsp3) is 0. The van der Waals surface area contributed by atoms with Crippen LogP contribution in [0.3, 0.4) is 0 Å². The van der Waals surface area contributed by atoms with E-state index in [4.69, 9.17) is 15.0 Å². The lowest BCUT2D eigenvalue weighted by Gasteiger charge is -2.17. The van der Waals surface area contributed by atoms with Crippen LogP contribution in [0.15, 0.2) is 188 Å². The highest BCUT2D eigenvalue weighted by Gasteiger charge is 2.18. The largest absolute Gasteiger partial charge is 0.208 e. The number of rotatable bonds is 4. The second-order valence-electron chi connectivity index (χ2n) is 14.8. The molecule has 3 heteroatoms. The minimum absolute atomic E-state index is 0.642. The average Bonchev–Trinajstić information content (AvgIpc) is 3.27. The molecule has 3 nitrogen and oxygen atoms in total. The summed E-state index contributed by atoms with van der Waals surface area (Å²) in [4.78, 5) is 15.5. The molecule has 56 heavy (non-hydrogen) atoms. The third-order valence-electron chi connectivity index (χ3n) is 11.6. The van der Waals surface area contributed by atoms with Crippen molar-refractivity contribution in [3.63, 3.8) is 0 Å². The van der Waals surface area contributed by atoms with Gasteiger partial charge in [0.1, 0.15) is 0 Å². The van der Waals surface area contributed by atoms with Crippen LogP contribution in [0, 0.1) is 0 Å². The monoisotopic (exact) mass is 709 g/mol. The van der Waals surface area contributed by atoms with Gasteiger partial charge in [-0.1, -0.05) is 170 Å². The quantitative estimate of drug-likeness (QED) is 0.171. The first-order valence-corrected chi connectivity index (χ1v) is 19.1. The van der Waals surface area contributed by atoms with Crippen molar-refractivity contribution in [1.29, 1.82) is 0 Å². The molecular formula is C53H31N3. The van der Waals surface area contributed by atoms with Crippen molar-refractivity contribution in [2.45, 2.75) is 0 Å². The zero-order valence-electron chi connectivity index (χ0n) is 30.2. The molecule has 12 rings (SSSR count). The summed E-state index contributed by atoms with van der Waals surface area (Å²) in [5.41, 5.74) is 5.17. The molecular weight excluding hydrogens is 679 g/mol. The third-order valence-corrected chi connectivity index (χ3v) is 11.6. The molecule has 0 fully saturated rings. The van der Waals surface area contributed by atoms with Crippen LogP contribution in [-0.2, 0) is 0 Å². The second-order valence-corrected chi connectivity index (χ2v) is 14.8. The van der Waals surface area contributed by atoms with Gasteiger partial charge in [0, 0.05) is 16.7 Å². The van der Waals surface area contributed by atoms with Gasteiger partial charge in [0.25, 0.3) is 0 Å². The van der Waals surface area contributed by atoms with E-state index in [2.05, 4.69) is 170 Å². The third kappa shape index (κ3) is 4.74. The van der Waals surface area contributed by atoms with E-state index in [9.17, 15) is 0 Å². The molecule has 0 radical (unpaired) electrons. The highest BCUT2D eigenvalue weighted by Crippen LogP contribution is 2.44. The molecule has 0 bridgehead atoms. The van der Waals surface area contributed by atoms with Crippen molar-refractivity contribution in [3.8, 4) is 45.3 Å². The average molecular weight is 710 g/mol. The van der Waals surface area contributed by atoms with E-state index in [1.165, 1.54) is 75.6 Å². The Morgan fingerprint density at radius 1 is 0.214 bits per heavy atom. The minimum atomic E-state index is 0.642. The van der Waals surface area contributed by atoms with E-state index in [0.29, 0.717) is 17.5 Å². The molecule has 0 saturated carbocycles. The standard InChI is InChI=1S/C53H31N3/c1-2-10-37(11-3-1)51-54-52(38-25-19-33(20-26-38)40-27-21-32-9-4-5-12-39(32)29-40)56-53(55-51)42-30-41-28-24-36-14-7-17-44-43-16-6-13-34-22-23-35-15-8-18-45(49(35)47(34)43)46(31-42)50(41)48(36)44/h1-31H. The van der Waals surface area contributed by atoms with E-state index in [-0.39, 0.29) is 0 Å². The summed E-state index contributed by atoms with van der Waals surface area (Å²) in [5, 5.41) is 17.4. The second kappa shape index (κ2) is 12.0. The van der Waals surface area contributed by atoms with E-state index in [1.54, 1.807) is 0 Å². The fourth-order valence-corrected chi connectivity index (χ4v) is 8.94. The van der Waals surface area contributed by atoms with Gasteiger partial charge in [0.15, 0.2) is 17.5 Å². The van der Waals surface area contributed by atoms with Crippen LogP contribution < -0.4 is 0 Å². The van der Waals surface area contributed by atoms with Gasteiger partial charge < -0.3 is 0 Å². The Labute approximate surface area is 322 Å². The maximum atomic E-state index is 5.25. The first kappa shape index (κ1) is 30.9. The molecule has 0 saturated heterocycles. The number of fused-ring (bicyclic) bond motifs is 3. The highest BCUT2D eigenvalue weighted by atomic mass is 15.0. The maximum absolute atomic E-state index is 5.25. The van der Waals surface area contributed by atoms with Gasteiger partial charge in [-0.25, -0.2) is 15.0 Å². The van der Waals surface area contributed by atoms with Gasteiger partial charge in [-0.15, -0.1) is 0 Å². The molecule has 0 amide bonds. The molecule has 12 aromatic rings. The molecule has 0 unspecified atom stereocenters. The summed E-state index contributed by atoms with van der Waals surface area (Å²) in [6, 6.07) is 67.7. The van der Waals surface area contributed by atoms with Crippen LogP contribution in [0.2, 0.25) is 0 Å². The zero-order chi connectivity index (χ0) is 36.7. The Morgan fingerprint density at radius 3 is 1.25 bits per heavy atom. The van der Waals surface area contributed by atoms with Crippen LogP contribution in [0.4, 0.5) is 0 Å². The predicted molar refractivity (Wildman–Crippen MR) is 235 cm³/mol. The van der Waals surface area contributed by atoms with Gasteiger partial charge in [-0.05, 0) is 105 Å². The molecule has 1 heterocycles. The van der Waals surface area contributed by atoms with Gasteiger partial charge in [0.05, 0.1) is 0 Å². The normalized spacial score (nSPS) is 11.9. The lowest BCUT2D eigenvalue weighted by atomic mass is 9.87. The van der Waals surface area contributed by atoms with E-state index in [0.717, 1.165) is 27.6 Å². The molecule has 0 atom stereocenters. The molecule has 0 N–H and O–H groups in total. The summed E-state index contributed by atoms with van der Waals surface area (Å²) < 4.78 is 0. The van der Waals surface area contributed by atoms with Gasteiger partial charge in [0.2, 0.25) is 0 Å². The smallest absolute Gasteiger partial charge is 0.164 e. The number of aromatic nitrogens is 3. The number of hydrogen-bond donors (Lipinski definition) is 0. The first-order valence-electron chi connectivity index (χ1n) is 19.1. The van der Waals surface area contributed by atoms with Crippen molar-refractivity contribution in [1.82, 2.24) is 15.0 Å². The van der Waals surface area contributed by atoms with Crippen LogP contribution in [0.1, 0.15) is 0 Å². The number of benzene rings is 10. The Bertz CT molecular complexity index is 3510. The summed E-state index contributed by atoms with van der Waals surface area (Å²) >= 11 is 0. The van der Waals surface area contributed by atoms with Crippen molar-refractivity contribution in [2.75, 3.05) is 0 Å². The minimum Gasteiger partial charge on any atom is -0.208 e. The molecule has 0 aliphatic heterocycles. The maximum Gasteiger partial charge on any atom is 0.164 e. The lowest BCUT2D eigenvalue weighted by Crippen LogP contribution is -2.00. The molecule has 258 valence electrons. The van der Waals surface area contributed by atoms with E-state index in [1.807, 2.05) is 18.2 Å². The van der Waals surface area contributed by atoms with E-state index < -0.39 is 0 Å². The molecule has 11 aromatic carbocycles. The highest BCUT2D eigenvalue weighted by molar-refractivity contribution is 6.37. The molecule has 1 aromatic heterocycles. The summed E-state index contributed by atoms with van der Waals surface area (Å²) in [6.07, 6.45) is 0. The first-order chi connectivity index (χ1) is 27.7. The summed E-state index contributed by atoms with van der Waals surface area (Å²) in [6.45, 7) is 0. The lowest BCUT2D eigenvalue weighted by molar-refractivity contribution is 1.07. The van der Waals surface area contributed by atoms with Gasteiger partial charge in [-0.3, -0.25) is 0 Å². The number of nitrogens with zero attached hydrogens (tertiary/aromatic N) is 3. The summed E-state index contributed by atoms with van der Waals surface area (Å²) in [7, 11) is 0. The van der Waals surface area contributed by atoms with Crippen LogP contribution in [0.5, 0.6) is 0 Å². The Hall–Kier alpha value is -7.49. The van der Waals surface area contributed by atoms with Gasteiger partial charge >= 0.3 is 0 Å². The molecule has 0 spiro atoms. The van der Waals surface area contributed by atoms with Crippen molar-refractivity contribution < 1.29 is 0 Å². The van der Waals surface area contributed by atoms with Crippen molar-refractivity contribution in [3.05, 3.63) is 188 Å². The number of hydrogen-bond acceptors (Lipinski definition) is 3. The van der Waals surface area contributed by atoms with Crippen molar-refractivity contribution in [2.24, 2.45) is 0 Å². The topological polar surface area (TPSA) is 38.7 Å². The SMILES string of the molecule is c1ccc(-c2nc(-c3ccc(-c4ccc5ccccc5c4)cc3)nc(-c3cc4ccc5cccc6c7cccc8ccc9cccc(c(c3)c4c56)c9c87)n2)cc1. The van der Waals surface area contributed by atoms with Gasteiger partial charge in [-0.2, -0.15) is 0 Å². The summed E-state index contributed by atoms with van der Waals surface area (Å²) in [5.74, 6) is 1.93. The van der Waals surface area contributed by atoms with Crippen molar-refractivity contribution >= 4 is 75.4 Å². The van der Waals surface area contributed by atoms with E-state index >= 15 is 0 Å². The zero-order valence-corrected chi connectivity index (χ0v) is 30.2. The Kier molecular flexibility index (Phi) is 6.63. The van der Waals surface area contributed by atoms with Crippen LogP contribution in [0.25, 0.3) is 121 Å². The molecule has 0 aliphatic carbocycles. The van der Waals surface area contributed by atoms with Crippen LogP contribution in [-0.4, -0.2) is 15.0 Å². The Balaban J connectivity index is 1.12. The Morgan fingerprint density at radius 2 is 0.625 bits per heavy atom. The fourth-order valence-electron chi connectivity index (χ4n) is 8.94. The van der Waals surface area contributed by atoms with Crippen LogP contribution >= 0.6 is 0 Å². The molecule has 0 aliphatic rings.